The molecule has 220 valence electrons. The summed E-state index contributed by atoms with van der Waals surface area (Å²) in [4.78, 5) is 35.2. The molecule has 1 aliphatic rings. The molecule has 0 radical (unpaired) electrons. The number of piperazine rings is 1. The van der Waals surface area contributed by atoms with E-state index in [4.69, 9.17) is 21.1 Å². The summed E-state index contributed by atoms with van der Waals surface area (Å²) in [5.41, 5.74) is 3.75. The van der Waals surface area contributed by atoms with Crippen LogP contribution in [0.15, 0.2) is 60.8 Å². The van der Waals surface area contributed by atoms with Crippen molar-refractivity contribution in [1.82, 2.24) is 25.4 Å². The minimum Gasteiger partial charge on any atom is -0.479 e. The van der Waals surface area contributed by atoms with Crippen molar-refractivity contribution in [3.63, 3.8) is 0 Å². The summed E-state index contributed by atoms with van der Waals surface area (Å²) < 4.78 is 11.1. The maximum Gasteiger partial charge on any atom is 0.408 e. The van der Waals surface area contributed by atoms with Gasteiger partial charge in [0.2, 0.25) is 11.8 Å². The third-order valence-corrected chi connectivity index (χ3v) is 7.31. The van der Waals surface area contributed by atoms with E-state index in [9.17, 15) is 9.59 Å². The molecular formula is C31H35ClN6O4. The summed E-state index contributed by atoms with van der Waals surface area (Å²) in [5, 5.41) is 11.5. The second kappa shape index (κ2) is 12.3. The number of carbonyl (C=O) groups excluding carboxylic acids is 2. The fraction of sp³-hybridized carbons (Fsp3) is 0.355. The third kappa shape index (κ3) is 6.60. The molecule has 10 nitrogen and oxygen atoms in total. The minimum atomic E-state index is -0.797. The van der Waals surface area contributed by atoms with Crippen LogP contribution in [0.4, 0.5) is 10.5 Å². The van der Waals surface area contributed by atoms with Gasteiger partial charge >= 0.3 is 6.09 Å². The van der Waals surface area contributed by atoms with Crippen LogP contribution in [0, 0.1) is 0 Å². The van der Waals surface area contributed by atoms with Gasteiger partial charge in [-0.15, -0.1) is 5.10 Å². The second-order valence-electron chi connectivity index (χ2n) is 11.2. The molecule has 1 unspecified atom stereocenters. The van der Waals surface area contributed by atoms with Gasteiger partial charge in [-0.05, 0) is 44.0 Å². The predicted octanol–water partition coefficient (Wildman–Crippen LogP) is 5.07. The van der Waals surface area contributed by atoms with Crippen LogP contribution < -0.4 is 15.0 Å². The summed E-state index contributed by atoms with van der Waals surface area (Å²) in [7, 11) is 1.59. The number of nitrogens with zero attached hydrogens (tertiary/aromatic N) is 4. The van der Waals surface area contributed by atoms with Crippen LogP contribution >= 0.6 is 11.6 Å². The van der Waals surface area contributed by atoms with Crippen molar-refractivity contribution in [2.75, 3.05) is 38.2 Å². The number of alkyl carbamates (subject to hydrolysis) is 1. The van der Waals surface area contributed by atoms with Crippen LogP contribution in [-0.2, 0) is 16.0 Å². The Morgan fingerprint density at radius 2 is 1.74 bits per heavy atom. The van der Waals surface area contributed by atoms with Crippen molar-refractivity contribution in [2.24, 2.45) is 0 Å². The molecule has 0 bridgehead atoms. The Kier molecular flexibility index (Phi) is 8.54. The number of carbonyl (C=O) groups is 2. The third-order valence-electron chi connectivity index (χ3n) is 7.06. The summed E-state index contributed by atoms with van der Waals surface area (Å²) in [5.74, 6) is 0.299. The van der Waals surface area contributed by atoms with Crippen molar-refractivity contribution in [2.45, 2.75) is 38.8 Å². The minimum absolute atomic E-state index is 0.167. The number of hydrogen-bond donors (Lipinski definition) is 2. The highest BCUT2D eigenvalue weighted by molar-refractivity contribution is 6.30. The average Bonchev–Trinajstić information content (AvgIpc) is 3.40. The monoisotopic (exact) mass is 590 g/mol. The van der Waals surface area contributed by atoms with Gasteiger partial charge in [0.05, 0.1) is 12.8 Å². The maximum absolute atomic E-state index is 13.8. The number of H-pyrrole nitrogens is 1. The van der Waals surface area contributed by atoms with Gasteiger partial charge in [0.15, 0.2) is 5.65 Å². The Morgan fingerprint density at radius 1 is 1.05 bits per heavy atom. The molecule has 5 rings (SSSR count). The number of benzene rings is 2. The van der Waals surface area contributed by atoms with E-state index in [1.165, 1.54) is 0 Å². The zero-order valence-electron chi connectivity index (χ0n) is 24.2. The number of pyridine rings is 1. The van der Waals surface area contributed by atoms with Gasteiger partial charge < -0.3 is 24.6 Å². The van der Waals surface area contributed by atoms with Crippen LogP contribution in [0.2, 0.25) is 5.02 Å². The molecule has 1 fully saturated rings. The first-order valence-corrected chi connectivity index (χ1v) is 14.2. The summed E-state index contributed by atoms with van der Waals surface area (Å²) in [6, 6.07) is 16.5. The van der Waals surface area contributed by atoms with Gasteiger partial charge in [0.25, 0.3) is 0 Å². The molecule has 3 heterocycles. The molecule has 42 heavy (non-hydrogen) atoms. The normalized spacial score (nSPS) is 14.5. The fourth-order valence-electron chi connectivity index (χ4n) is 5.13. The number of amides is 2. The van der Waals surface area contributed by atoms with Gasteiger partial charge in [0.1, 0.15) is 17.0 Å². The number of ether oxygens (including phenoxy) is 2. The Balaban J connectivity index is 1.38. The largest absolute Gasteiger partial charge is 0.479 e. The molecule has 0 saturated carbocycles. The Labute approximate surface area is 250 Å². The van der Waals surface area contributed by atoms with Gasteiger partial charge in [-0.1, -0.05) is 54.1 Å². The van der Waals surface area contributed by atoms with Gasteiger partial charge in [-0.25, -0.2) is 9.78 Å². The fourth-order valence-corrected chi connectivity index (χ4v) is 5.26. The lowest BCUT2D eigenvalue weighted by molar-refractivity contribution is -0.133. The van der Waals surface area contributed by atoms with E-state index in [0.29, 0.717) is 49.1 Å². The van der Waals surface area contributed by atoms with Gasteiger partial charge in [-0.3, -0.25) is 9.89 Å². The van der Waals surface area contributed by atoms with E-state index in [2.05, 4.69) is 25.4 Å². The van der Waals surface area contributed by atoms with Crippen molar-refractivity contribution in [3.8, 4) is 17.0 Å². The van der Waals surface area contributed by atoms with Crippen LogP contribution in [0.25, 0.3) is 22.2 Å². The first-order chi connectivity index (χ1) is 20.1. The predicted molar refractivity (Wildman–Crippen MR) is 163 cm³/mol. The zero-order chi connectivity index (χ0) is 29.9. The van der Waals surface area contributed by atoms with Crippen molar-refractivity contribution in [1.29, 1.82) is 0 Å². The standard InChI is InChI=1S/C31H35ClN6O4/c1-31(2,3)42-30(40)34-24(18-20-10-12-22(32)13-11-20)29(39)38-16-14-37(15-17-38)26-23(21-8-6-5-7-9-21)19-33-27-25(26)28(41-4)36-35-27/h5-13,19,24H,14-18H2,1-4H3,(H,34,40)(H,33,35,36). The molecule has 0 spiro atoms. The highest BCUT2D eigenvalue weighted by atomic mass is 35.5. The molecule has 0 aliphatic carbocycles. The summed E-state index contributed by atoms with van der Waals surface area (Å²) in [6.45, 7) is 7.43. The lowest BCUT2D eigenvalue weighted by Gasteiger charge is -2.38. The highest BCUT2D eigenvalue weighted by Gasteiger charge is 2.32. The quantitative estimate of drug-likeness (QED) is 0.309. The van der Waals surface area contributed by atoms with Crippen LogP contribution in [0.1, 0.15) is 26.3 Å². The van der Waals surface area contributed by atoms with Crippen molar-refractivity contribution < 1.29 is 19.1 Å². The Morgan fingerprint density at radius 3 is 2.38 bits per heavy atom. The SMILES string of the molecule is COc1n[nH]c2ncc(-c3ccccc3)c(N3CCN(C(=O)C(Cc4ccc(Cl)cc4)NC(=O)OC(C)(C)C)CC3)c12. The van der Waals surface area contributed by atoms with Crippen LogP contribution in [-0.4, -0.2) is 77.0 Å². The van der Waals surface area contributed by atoms with E-state index in [1.807, 2.05) is 48.7 Å². The first kappa shape index (κ1) is 29.2. The lowest BCUT2D eigenvalue weighted by Crippen LogP contribution is -2.56. The Bertz CT molecular complexity index is 1540. The number of aromatic amines is 1. The Hall–Kier alpha value is -4.31. The molecule has 4 aromatic rings. The number of nitrogens with one attached hydrogen (secondary N) is 2. The van der Waals surface area contributed by atoms with E-state index < -0.39 is 17.7 Å². The number of halogens is 1. The zero-order valence-corrected chi connectivity index (χ0v) is 24.9. The number of fused-ring (bicyclic) bond motifs is 1. The number of hydrogen-bond acceptors (Lipinski definition) is 7. The first-order valence-electron chi connectivity index (χ1n) is 13.9. The van der Waals surface area contributed by atoms with E-state index in [-0.39, 0.29) is 5.91 Å². The maximum atomic E-state index is 13.8. The molecule has 1 atom stereocenters. The van der Waals surface area contributed by atoms with Gasteiger partial charge in [-0.2, -0.15) is 0 Å². The molecule has 1 aliphatic heterocycles. The topological polar surface area (TPSA) is 113 Å². The molecule has 1 saturated heterocycles. The summed E-state index contributed by atoms with van der Waals surface area (Å²) >= 11 is 6.06. The number of anilines is 1. The van der Waals surface area contributed by atoms with E-state index in [1.54, 1.807) is 44.9 Å². The molecule has 2 aromatic carbocycles. The highest BCUT2D eigenvalue weighted by Crippen LogP contribution is 2.40. The summed E-state index contributed by atoms with van der Waals surface area (Å²) in [6.07, 6.45) is 1.52. The van der Waals surface area contributed by atoms with E-state index in [0.717, 1.165) is 27.8 Å². The van der Waals surface area contributed by atoms with Crippen LogP contribution in [0.5, 0.6) is 5.88 Å². The molecule has 2 aromatic heterocycles. The van der Waals surface area contributed by atoms with Crippen molar-refractivity contribution >= 4 is 40.3 Å². The van der Waals surface area contributed by atoms with Crippen molar-refractivity contribution in [3.05, 3.63) is 71.4 Å². The average molecular weight is 591 g/mol. The molecule has 2 N–H and O–H groups in total. The number of methoxy groups -OCH3 is 1. The molecule has 2 amide bonds. The molecular weight excluding hydrogens is 556 g/mol. The van der Waals surface area contributed by atoms with Crippen LogP contribution in [0.3, 0.4) is 0 Å². The van der Waals surface area contributed by atoms with Gasteiger partial charge in [0, 0.05) is 49.4 Å². The number of aromatic nitrogens is 3. The lowest BCUT2D eigenvalue weighted by atomic mass is 10.0. The van der Waals surface area contributed by atoms with E-state index >= 15 is 0 Å². The number of rotatable bonds is 7. The second-order valence-corrected chi connectivity index (χ2v) is 11.6. The smallest absolute Gasteiger partial charge is 0.408 e. The molecule has 11 heteroatoms.